The van der Waals surface area contributed by atoms with E-state index >= 15 is 0 Å². The van der Waals surface area contributed by atoms with Gasteiger partial charge in [-0.15, -0.1) is 0 Å². The molecule has 108 valence electrons. The molecule has 1 N–H and O–H groups in total. The fraction of sp³-hybridized carbons (Fsp3) is 0.500. The Labute approximate surface area is 121 Å². The summed E-state index contributed by atoms with van der Waals surface area (Å²) in [5.74, 6) is 0. The zero-order valence-electron chi connectivity index (χ0n) is 12.6. The molecular formula is C16H24N4. The van der Waals surface area contributed by atoms with Crippen LogP contribution in [0.5, 0.6) is 0 Å². The first kappa shape index (κ1) is 14.7. The summed E-state index contributed by atoms with van der Waals surface area (Å²) in [6.45, 7) is 4.42. The number of aromatic nitrogens is 3. The van der Waals surface area contributed by atoms with Crippen LogP contribution in [0.1, 0.15) is 50.0 Å². The van der Waals surface area contributed by atoms with Gasteiger partial charge in [-0.1, -0.05) is 13.8 Å². The Balaban J connectivity index is 2.09. The Kier molecular flexibility index (Phi) is 5.30. The van der Waals surface area contributed by atoms with Crippen LogP contribution in [0, 0.1) is 0 Å². The smallest absolute Gasteiger partial charge is 0.0643 e. The molecule has 0 amide bonds. The van der Waals surface area contributed by atoms with E-state index < -0.39 is 0 Å². The van der Waals surface area contributed by atoms with E-state index in [-0.39, 0.29) is 6.04 Å². The highest BCUT2D eigenvalue weighted by Crippen LogP contribution is 2.19. The molecule has 4 nitrogen and oxygen atoms in total. The lowest BCUT2D eigenvalue weighted by Crippen LogP contribution is -2.19. The van der Waals surface area contributed by atoms with Crippen molar-refractivity contribution in [1.29, 1.82) is 0 Å². The van der Waals surface area contributed by atoms with Crippen molar-refractivity contribution in [3.63, 3.8) is 0 Å². The zero-order valence-corrected chi connectivity index (χ0v) is 12.6. The van der Waals surface area contributed by atoms with Gasteiger partial charge in [0.1, 0.15) is 0 Å². The van der Waals surface area contributed by atoms with Gasteiger partial charge in [-0.2, -0.15) is 5.10 Å². The molecule has 4 heteroatoms. The van der Waals surface area contributed by atoms with Crippen molar-refractivity contribution in [2.24, 2.45) is 0 Å². The van der Waals surface area contributed by atoms with Crippen LogP contribution in [-0.4, -0.2) is 21.8 Å². The van der Waals surface area contributed by atoms with Gasteiger partial charge in [-0.3, -0.25) is 9.67 Å². The molecule has 0 saturated heterocycles. The molecule has 2 aromatic heterocycles. The third kappa shape index (κ3) is 3.45. The van der Waals surface area contributed by atoms with Gasteiger partial charge in [0.05, 0.1) is 11.7 Å². The summed E-state index contributed by atoms with van der Waals surface area (Å²) in [4.78, 5) is 4.07. The second kappa shape index (κ2) is 7.20. The fourth-order valence-corrected chi connectivity index (χ4v) is 2.54. The van der Waals surface area contributed by atoms with Gasteiger partial charge in [0.2, 0.25) is 0 Å². The molecule has 0 spiro atoms. The first-order valence-corrected chi connectivity index (χ1v) is 7.39. The van der Waals surface area contributed by atoms with Crippen molar-refractivity contribution in [3.05, 3.63) is 48.0 Å². The number of hydrogen-bond acceptors (Lipinski definition) is 3. The first-order valence-electron chi connectivity index (χ1n) is 7.39. The molecule has 1 unspecified atom stereocenters. The maximum atomic E-state index is 4.73. The number of likely N-dealkylation sites (N-methyl/N-ethyl adjacent to an activating group) is 1. The summed E-state index contributed by atoms with van der Waals surface area (Å²) in [5.41, 5.74) is 2.38. The van der Waals surface area contributed by atoms with E-state index in [2.05, 4.69) is 53.2 Å². The van der Waals surface area contributed by atoms with Gasteiger partial charge < -0.3 is 5.32 Å². The van der Waals surface area contributed by atoms with E-state index in [1.807, 2.05) is 19.4 Å². The van der Waals surface area contributed by atoms with E-state index in [0.29, 0.717) is 6.04 Å². The van der Waals surface area contributed by atoms with Crippen molar-refractivity contribution in [1.82, 2.24) is 20.1 Å². The van der Waals surface area contributed by atoms with Crippen LogP contribution in [-0.2, 0) is 6.42 Å². The van der Waals surface area contributed by atoms with Crippen LogP contribution >= 0.6 is 0 Å². The van der Waals surface area contributed by atoms with Gasteiger partial charge in [0.15, 0.2) is 0 Å². The molecular weight excluding hydrogens is 248 g/mol. The molecule has 0 aliphatic rings. The summed E-state index contributed by atoms with van der Waals surface area (Å²) < 4.78 is 2.11. The van der Waals surface area contributed by atoms with Crippen molar-refractivity contribution in [2.75, 3.05) is 7.05 Å². The van der Waals surface area contributed by atoms with Crippen LogP contribution in [0.15, 0.2) is 36.8 Å². The molecule has 0 aliphatic carbocycles. The van der Waals surface area contributed by atoms with Gasteiger partial charge >= 0.3 is 0 Å². The molecule has 0 radical (unpaired) electrons. The molecule has 0 saturated carbocycles. The average molecular weight is 272 g/mol. The molecule has 0 fully saturated rings. The van der Waals surface area contributed by atoms with E-state index in [4.69, 9.17) is 5.10 Å². The molecule has 2 heterocycles. The van der Waals surface area contributed by atoms with Crippen LogP contribution in [0.25, 0.3) is 0 Å². The number of pyridine rings is 1. The van der Waals surface area contributed by atoms with E-state index in [1.165, 1.54) is 5.56 Å². The highest BCUT2D eigenvalue weighted by molar-refractivity contribution is 5.17. The first-order chi connectivity index (χ1) is 9.78. The molecule has 0 bridgehead atoms. The molecule has 0 aliphatic heterocycles. The maximum absolute atomic E-state index is 4.73. The van der Waals surface area contributed by atoms with Crippen molar-refractivity contribution < 1.29 is 0 Å². The van der Waals surface area contributed by atoms with Crippen LogP contribution in [0.3, 0.4) is 0 Å². The Morgan fingerprint density at radius 3 is 2.45 bits per heavy atom. The minimum absolute atomic E-state index is 0.281. The van der Waals surface area contributed by atoms with Crippen molar-refractivity contribution >= 4 is 0 Å². The second-order valence-electron chi connectivity index (χ2n) is 5.08. The predicted molar refractivity (Wildman–Crippen MR) is 81.6 cm³/mol. The third-order valence-corrected chi connectivity index (χ3v) is 3.85. The lowest BCUT2D eigenvalue weighted by Gasteiger charge is -2.16. The predicted octanol–water partition coefficient (Wildman–Crippen LogP) is 3.14. The Morgan fingerprint density at radius 1 is 1.15 bits per heavy atom. The number of nitrogens with one attached hydrogen (secondary N) is 1. The van der Waals surface area contributed by atoms with Crippen molar-refractivity contribution in [3.8, 4) is 0 Å². The number of rotatable bonds is 7. The van der Waals surface area contributed by atoms with Gasteiger partial charge in [-0.25, -0.2) is 0 Å². The summed E-state index contributed by atoms with van der Waals surface area (Å²) in [7, 11) is 1.99. The normalized spacial score (nSPS) is 12.8. The van der Waals surface area contributed by atoms with Gasteiger partial charge in [0.25, 0.3) is 0 Å². The number of hydrogen-bond donors (Lipinski definition) is 1. The second-order valence-corrected chi connectivity index (χ2v) is 5.08. The monoisotopic (exact) mass is 272 g/mol. The van der Waals surface area contributed by atoms with Crippen LogP contribution in [0.4, 0.5) is 0 Å². The molecule has 20 heavy (non-hydrogen) atoms. The summed E-state index contributed by atoms with van der Waals surface area (Å²) in [6.07, 6.45) is 8.92. The Morgan fingerprint density at radius 2 is 1.85 bits per heavy atom. The quantitative estimate of drug-likeness (QED) is 0.842. The van der Waals surface area contributed by atoms with Crippen LogP contribution < -0.4 is 5.32 Å². The van der Waals surface area contributed by atoms with Gasteiger partial charge in [0, 0.05) is 31.1 Å². The highest BCUT2D eigenvalue weighted by atomic mass is 15.3. The van der Waals surface area contributed by atoms with E-state index in [0.717, 1.165) is 25.0 Å². The Bertz CT molecular complexity index is 502. The molecule has 2 rings (SSSR count). The summed E-state index contributed by atoms with van der Waals surface area (Å²) >= 11 is 0. The molecule has 1 atom stereocenters. The number of nitrogens with zero attached hydrogens (tertiary/aromatic N) is 3. The van der Waals surface area contributed by atoms with E-state index in [9.17, 15) is 0 Å². The standard InChI is InChI=1S/C16H24N4/c1-4-15(5-2)20-11-8-14(19-20)12-16(17-3)13-6-9-18-10-7-13/h6-11,15-17H,4-5,12H2,1-3H3. The lowest BCUT2D eigenvalue weighted by atomic mass is 10.0. The van der Waals surface area contributed by atoms with E-state index in [1.54, 1.807) is 0 Å². The summed E-state index contributed by atoms with van der Waals surface area (Å²) in [5, 5.41) is 8.08. The molecule has 0 aromatic carbocycles. The average Bonchev–Trinajstić information content (AvgIpc) is 2.95. The zero-order chi connectivity index (χ0) is 14.4. The third-order valence-electron chi connectivity index (χ3n) is 3.85. The minimum atomic E-state index is 0.281. The largest absolute Gasteiger partial charge is 0.313 e. The SMILES string of the molecule is CCC(CC)n1ccc(CC(NC)c2ccncc2)n1. The topological polar surface area (TPSA) is 42.7 Å². The van der Waals surface area contributed by atoms with Crippen LogP contribution in [0.2, 0.25) is 0 Å². The minimum Gasteiger partial charge on any atom is -0.313 e. The van der Waals surface area contributed by atoms with Gasteiger partial charge in [-0.05, 0) is 43.7 Å². The Hall–Kier alpha value is -1.68. The summed E-state index contributed by atoms with van der Waals surface area (Å²) in [6, 6.07) is 7.03. The fourth-order valence-electron chi connectivity index (χ4n) is 2.54. The molecule has 2 aromatic rings. The lowest BCUT2D eigenvalue weighted by molar-refractivity contribution is 0.423. The van der Waals surface area contributed by atoms with Crippen molar-refractivity contribution in [2.45, 2.75) is 45.2 Å². The highest BCUT2D eigenvalue weighted by Gasteiger charge is 2.13. The maximum Gasteiger partial charge on any atom is 0.0643 e.